The molecule has 2 aromatic rings. The van der Waals surface area contributed by atoms with Gasteiger partial charge in [-0.25, -0.2) is 4.79 Å². The molecule has 0 unspecified atom stereocenters. The molecule has 26 heavy (non-hydrogen) atoms. The third kappa shape index (κ3) is 5.59. The van der Waals surface area contributed by atoms with Crippen LogP contribution in [0.25, 0.3) is 0 Å². The first-order chi connectivity index (χ1) is 12.2. The highest BCUT2D eigenvalue weighted by atomic mass is 32.2. The number of benzene rings is 1. The Morgan fingerprint density at radius 2 is 1.81 bits per heavy atom. The van der Waals surface area contributed by atoms with Gasteiger partial charge in [-0.15, -0.1) is 10.2 Å². The van der Waals surface area contributed by atoms with Crippen LogP contribution >= 0.6 is 11.8 Å². The van der Waals surface area contributed by atoms with Crippen LogP contribution < -0.4 is 10.6 Å². The van der Waals surface area contributed by atoms with Crippen LogP contribution in [-0.4, -0.2) is 37.5 Å². The van der Waals surface area contributed by atoms with Crippen molar-refractivity contribution in [2.24, 2.45) is 0 Å². The Labute approximate surface area is 158 Å². The third-order valence-electron chi connectivity index (χ3n) is 3.62. The summed E-state index contributed by atoms with van der Waals surface area (Å²) in [7, 11) is 0. The average Bonchev–Trinajstić information content (AvgIpc) is 3.01. The number of carbonyl (C=O) groups is 2. The lowest BCUT2D eigenvalue weighted by atomic mass is 10.1. The number of urea groups is 1. The maximum absolute atomic E-state index is 12.3. The van der Waals surface area contributed by atoms with Crippen LogP contribution in [0.5, 0.6) is 0 Å². The highest BCUT2D eigenvalue weighted by Crippen LogP contribution is 2.26. The van der Waals surface area contributed by atoms with Crippen molar-refractivity contribution in [3.05, 3.63) is 42.2 Å². The number of rotatable bonds is 5. The van der Waals surface area contributed by atoms with E-state index in [1.165, 1.54) is 11.8 Å². The molecule has 0 aliphatic heterocycles. The summed E-state index contributed by atoms with van der Waals surface area (Å²) in [5.41, 5.74) is 0.710. The lowest BCUT2D eigenvalue weighted by Crippen LogP contribution is -2.49. The van der Waals surface area contributed by atoms with Crippen molar-refractivity contribution in [2.75, 3.05) is 0 Å². The van der Waals surface area contributed by atoms with Crippen molar-refractivity contribution >= 4 is 23.7 Å². The molecule has 1 aromatic heterocycles. The van der Waals surface area contributed by atoms with Crippen LogP contribution in [0.4, 0.5) is 4.79 Å². The summed E-state index contributed by atoms with van der Waals surface area (Å²) in [6.07, 6.45) is 1.65. The molecule has 0 spiro atoms. The van der Waals surface area contributed by atoms with E-state index in [9.17, 15) is 9.59 Å². The first-order valence-electron chi connectivity index (χ1n) is 8.41. The van der Waals surface area contributed by atoms with Crippen LogP contribution in [0.3, 0.4) is 0 Å². The largest absolute Gasteiger partial charge is 0.333 e. The number of carbonyl (C=O) groups excluding carboxylic acids is 2. The number of imide groups is 1. The molecule has 0 aliphatic carbocycles. The summed E-state index contributed by atoms with van der Waals surface area (Å²) in [6, 6.07) is 9.52. The minimum Gasteiger partial charge on any atom is -0.333 e. The van der Waals surface area contributed by atoms with Crippen molar-refractivity contribution in [3.63, 3.8) is 0 Å². The Bertz CT molecular complexity index is 754. The second-order valence-corrected chi connectivity index (χ2v) is 8.37. The zero-order chi connectivity index (χ0) is 19.3. The smallest absolute Gasteiger partial charge is 0.321 e. The molecule has 0 saturated heterocycles. The van der Waals surface area contributed by atoms with Crippen LogP contribution in [0.2, 0.25) is 0 Å². The van der Waals surface area contributed by atoms with Crippen molar-refractivity contribution in [1.82, 2.24) is 25.4 Å². The fourth-order valence-corrected chi connectivity index (χ4v) is 3.17. The van der Waals surface area contributed by atoms with E-state index < -0.39 is 16.8 Å². The first-order valence-corrected chi connectivity index (χ1v) is 9.29. The van der Waals surface area contributed by atoms with Gasteiger partial charge in [0.05, 0.1) is 11.3 Å². The zero-order valence-electron chi connectivity index (χ0n) is 15.7. The van der Waals surface area contributed by atoms with Gasteiger partial charge in [-0.2, -0.15) is 0 Å². The van der Waals surface area contributed by atoms with Gasteiger partial charge in [-0.3, -0.25) is 10.1 Å². The molecule has 8 heteroatoms. The molecule has 7 nitrogen and oxygen atoms in total. The molecule has 2 N–H and O–H groups in total. The lowest BCUT2D eigenvalue weighted by molar-refractivity contribution is -0.119. The van der Waals surface area contributed by atoms with E-state index in [-0.39, 0.29) is 11.9 Å². The van der Waals surface area contributed by atoms with Crippen molar-refractivity contribution in [2.45, 2.75) is 56.6 Å². The number of hydrogen-bond acceptors (Lipinski definition) is 5. The van der Waals surface area contributed by atoms with E-state index in [2.05, 4.69) is 20.8 Å². The van der Waals surface area contributed by atoms with E-state index in [0.717, 1.165) is 5.56 Å². The van der Waals surface area contributed by atoms with Gasteiger partial charge in [0, 0.05) is 5.54 Å². The second-order valence-electron chi connectivity index (χ2n) is 7.06. The van der Waals surface area contributed by atoms with Crippen molar-refractivity contribution in [1.29, 1.82) is 0 Å². The van der Waals surface area contributed by atoms with Gasteiger partial charge in [-0.05, 0) is 40.2 Å². The summed E-state index contributed by atoms with van der Waals surface area (Å²) in [5.74, 6) is -0.376. The molecule has 0 fully saturated rings. The predicted octanol–water partition coefficient (Wildman–Crippen LogP) is 2.99. The number of thioether (sulfide) groups is 1. The van der Waals surface area contributed by atoms with Gasteiger partial charge in [0.1, 0.15) is 6.33 Å². The minimum atomic E-state index is -0.505. The van der Waals surface area contributed by atoms with Crippen LogP contribution in [0, 0.1) is 0 Å². The molecule has 0 saturated carbocycles. The van der Waals surface area contributed by atoms with Crippen LogP contribution in [-0.2, 0) is 4.79 Å². The van der Waals surface area contributed by atoms with Crippen LogP contribution in [0.1, 0.15) is 46.2 Å². The van der Waals surface area contributed by atoms with Gasteiger partial charge >= 0.3 is 6.03 Å². The first kappa shape index (κ1) is 20.0. The maximum Gasteiger partial charge on any atom is 0.321 e. The Hall–Kier alpha value is -2.35. The van der Waals surface area contributed by atoms with Crippen molar-refractivity contribution in [3.8, 4) is 0 Å². The third-order valence-corrected chi connectivity index (χ3v) is 4.69. The van der Waals surface area contributed by atoms with E-state index in [1.54, 1.807) is 13.3 Å². The fraction of sp³-hybridized carbons (Fsp3) is 0.444. The van der Waals surface area contributed by atoms with Gasteiger partial charge in [0.25, 0.3) is 0 Å². The van der Waals surface area contributed by atoms with Gasteiger partial charge in [0.2, 0.25) is 5.91 Å². The fourth-order valence-electron chi connectivity index (χ4n) is 2.27. The molecule has 1 aromatic carbocycles. The molecule has 3 amide bonds. The van der Waals surface area contributed by atoms with E-state index in [4.69, 9.17) is 0 Å². The zero-order valence-corrected chi connectivity index (χ0v) is 16.5. The SMILES string of the molecule is C[C@H](c1ccccc1)n1cnnc1S[C@H](C)C(=O)NC(=O)NC(C)(C)C. The van der Waals surface area contributed by atoms with Crippen LogP contribution in [0.15, 0.2) is 41.8 Å². The molecule has 2 atom stereocenters. The topological polar surface area (TPSA) is 88.9 Å². The highest BCUT2D eigenvalue weighted by molar-refractivity contribution is 8.00. The Kier molecular flexibility index (Phi) is 6.42. The average molecular weight is 375 g/mol. The number of hydrogen-bond donors (Lipinski definition) is 2. The number of nitrogens with one attached hydrogen (secondary N) is 2. The number of aromatic nitrogens is 3. The molecular weight excluding hydrogens is 350 g/mol. The minimum absolute atomic E-state index is 0.0353. The Morgan fingerprint density at radius 3 is 2.42 bits per heavy atom. The molecule has 2 rings (SSSR count). The van der Waals surface area contributed by atoms with Gasteiger partial charge in [-0.1, -0.05) is 42.1 Å². The quantitative estimate of drug-likeness (QED) is 0.784. The standard InChI is InChI=1S/C18H25N5O2S/c1-12(14-9-7-6-8-10-14)23-11-19-22-17(23)26-13(2)15(24)20-16(25)21-18(3,4)5/h6-13H,1-5H3,(H2,20,21,24,25)/t12-,13-/m1/s1. The number of nitrogens with zero attached hydrogens (tertiary/aromatic N) is 3. The Morgan fingerprint density at radius 1 is 1.15 bits per heavy atom. The molecule has 140 valence electrons. The normalized spacial score (nSPS) is 13.7. The summed E-state index contributed by atoms with van der Waals surface area (Å²) < 4.78 is 1.92. The van der Waals surface area contributed by atoms with Crippen molar-refractivity contribution < 1.29 is 9.59 Å². The highest BCUT2D eigenvalue weighted by Gasteiger charge is 2.23. The molecular formula is C18H25N5O2S. The van der Waals surface area contributed by atoms with E-state index in [0.29, 0.717) is 5.16 Å². The monoisotopic (exact) mass is 375 g/mol. The summed E-state index contributed by atoms with van der Waals surface area (Å²) in [5, 5.41) is 13.3. The Balaban J connectivity index is 2.02. The number of amides is 3. The summed E-state index contributed by atoms with van der Waals surface area (Å²) >= 11 is 1.27. The molecule has 0 bridgehead atoms. The second kappa shape index (κ2) is 8.35. The van der Waals surface area contributed by atoms with E-state index >= 15 is 0 Å². The van der Waals surface area contributed by atoms with Gasteiger partial charge < -0.3 is 9.88 Å². The molecule has 1 heterocycles. The summed E-state index contributed by atoms with van der Waals surface area (Å²) in [6.45, 7) is 9.33. The maximum atomic E-state index is 12.3. The molecule has 0 radical (unpaired) electrons. The predicted molar refractivity (Wildman–Crippen MR) is 102 cm³/mol. The summed E-state index contributed by atoms with van der Waals surface area (Å²) in [4.78, 5) is 24.1. The van der Waals surface area contributed by atoms with E-state index in [1.807, 2.05) is 62.6 Å². The lowest BCUT2D eigenvalue weighted by Gasteiger charge is -2.21. The molecule has 0 aliphatic rings. The van der Waals surface area contributed by atoms with Gasteiger partial charge in [0.15, 0.2) is 5.16 Å².